The highest BCUT2D eigenvalue weighted by molar-refractivity contribution is 6.21. The first-order chi connectivity index (χ1) is 25.2. The molecule has 0 aliphatic rings. The van der Waals surface area contributed by atoms with Crippen molar-refractivity contribution in [3.63, 3.8) is 0 Å². The summed E-state index contributed by atoms with van der Waals surface area (Å²) in [5, 5.41) is 6.85. The van der Waals surface area contributed by atoms with E-state index in [1.165, 1.54) is 21.9 Å². The quantitative estimate of drug-likeness (QED) is 0.186. The Hall–Kier alpha value is -6.84. The predicted octanol–water partition coefficient (Wildman–Crippen LogP) is 13.0. The maximum atomic E-state index is 6.70. The Morgan fingerprint density at radius 3 is 1.67 bits per heavy atom. The van der Waals surface area contributed by atoms with Gasteiger partial charge in [-0.3, -0.25) is 0 Å². The van der Waals surface area contributed by atoms with Crippen LogP contribution in [-0.4, -0.2) is 9.97 Å². The molecule has 2 aromatic heterocycles. The Morgan fingerprint density at radius 1 is 0.353 bits per heavy atom. The number of rotatable bonds is 5. The molecule has 0 bridgehead atoms. The highest BCUT2D eigenvalue weighted by atomic mass is 16.3. The molecule has 0 aliphatic carbocycles. The predicted molar refractivity (Wildman–Crippen MR) is 212 cm³/mol. The van der Waals surface area contributed by atoms with E-state index in [4.69, 9.17) is 14.4 Å². The van der Waals surface area contributed by atoms with Crippen molar-refractivity contribution in [1.82, 2.24) is 9.97 Å². The van der Waals surface area contributed by atoms with Crippen LogP contribution < -0.4 is 0 Å². The van der Waals surface area contributed by atoms with Gasteiger partial charge in [-0.25, -0.2) is 9.97 Å². The number of fused-ring (bicyclic) bond motifs is 6. The van der Waals surface area contributed by atoms with Crippen molar-refractivity contribution in [3.8, 4) is 56.2 Å². The van der Waals surface area contributed by atoms with E-state index in [-0.39, 0.29) is 0 Å². The lowest BCUT2D eigenvalue weighted by Crippen LogP contribution is -1.95. The first-order valence-electron chi connectivity index (χ1n) is 17.2. The van der Waals surface area contributed by atoms with Crippen molar-refractivity contribution >= 4 is 43.5 Å². The van der Waals surface area contributed by atoms with Crippen molar-refractivity contribution in [1.29, 1.82) is 0 Å². The minimum atomic E-state index is 0.675. The molecule has 0 unspecified atom stereocenters. The van der Waals surface area contributed by atoms with Crippen LogP contribution in [0.15, 0.2) is 186 Å². The number of hydrogen-bond donors (Lipinski definition) is 0. The van der Waals surface area contributed by atoms with Crippen molar-refractivity contribution < 1.29 is 4.42 Å². The van der Waals surface area contributed by atoms with Gasteiger partial charge in [0, 0.05) is 32.8 Å². The second-order valence-corrected chi connectivity index (χ2v) is 13.0. The molecule has 0 aliphatic heterocycles. The van der Waals surface area contributed by atoms with Crippen molar-refractivity contribution in [2.45, 2.75) is 0 Å². The Kier molecular flexibility index (Phi) is 6.81. The van der Waals surface area contributed by atoms with E-state index >= 15 is 0 Å². The molecule has 0 N–H and O–H groups in total. The minimum Gasteiger partial charge on any atom is -0.455 e. The summed E-state index contributed by atoms with van der Waals surface area (Å²) < 4.78 is 6.70. The van der Waals surface area contributed by atoms with Gasteiger partial charge in [0.25, 0.3) is 0 Å². The van der Waals surface area contributed by atoms with Crippen molar-refractivity contribution in [2.24, 2.45) is 0 Å². The number of aromatic nitrogens is 2. The lowest BCUT2D eigenvalue weighted by atomic mass is 9.93. The average Bonchev–Trinajstić information content (AvgIpc) is 3.60. The number of hydrogen-bond acceptors (Lipinski definition) is 3. The third kappa shape index (κ3) is 5.15. The van der Waals surface area contributed by atoms with Gasteiger partial charge in [0.05, 0.1) is 11.4 Å². The molecule has 3 heteroatoms. The van der Waals surface area contributed by atoms with Gasteiger partial charge in [-0.05, 0) is 74.8 Å². The number of furan rings is 1. The van der Waals surface area contributed by atoms with E-state index < -0.39 is 0 Å². The molecule has 51 heavy (non-hydrogen) atoms. The van der Waals surface area contributed by atoms with E-state index in [0.29, 0.717) is 5.82 Å². The molecule has 10 rings (SSSR count). The van der Waals surface area contributed by atoms with Crippen LogP contribution >= 0.6 is 0 Å². The maximum Gasteiger partial charge on any atom is 0.160 e. The minimum absolute atomic E-state index is 0.675. The fourth-order valence-corrected chi connectivity index (χ4v) is 7.28. The topological polar surface area (TPSA) is 38.9 Å². The van der Waals surface area contributed by atoms with E-state index in [2.05, 4.69) is 146 Å². The lowest BCUT2D eigenvalue weighted by molar-refractivity contribution is 0.673. The molecule has 0 saturated heterocycles. The van der Waals surface area contributed by atoms with Gasteiger partial charge in [0.2, 0.25) is 0 Å². The molecule has 0 saturated carbocycles. The van der Waals surface area contributed by atoms with Crippen LogP contribution in [0.3, 0.4) is 0 Å². The average molecular weight is 651 g/mol. The normalized spacial score (nSPS) is 11.5. The van der Waals surface area contributed by atoms with Crippen LogP contribution in [0.2, 0.25) is 0 Å². The highest BCUT2D eigenvalue weighted by Crippen LogP contribution is 2.43. The fraction of sp³-hybridized carbons (Fsp3) is 0. The zero-order valence-corrected chi connectivity index (χ0v) is 27.6. The fourth-order valence-electron chi connectivity index (χ4n) is 7.28. The number of nitrogens with zero attached hydrogens (tertiary/aromatic N) is 2. The maximum absolute atomic E-state index is 6.70. The van der Waals surface area contributed by atoms with Gasteiger partial charge in [-0.2, -0.15) is 0 Å². The standard InChI is InChI=1S/C48H30N2O/c1-3-12-34(13-4-1)43-30-44(35-14-5-2-6-15-35)50-48(49-43)39-25-26-45-42(29-39)46-41(28-38-17-9-10-18-40(38)47(46)51-45)33-22-19-32(20-23-33)37-24-21-31-11-7-8-16-36(31)27-37/h1-30H. The molecular weight excluding hydrogens is 621 g/mol. The molecule has 238 valence electrons. The zero-order chi connectivity index (χ0) is 33.7. The van der Waals surface area contributed by atoms with E-state index in [1.54, 1.807) is 0 Å². The molecule has 8 aromatic carbocycles. The van der Waals surface area contributed by atoms with E-state index in [0.717, 1.165) is 71.9 Å². The van der Waals surface area contributed by atoms with E-state index in [1.807, 2.05) is 36.4 Å². The van der Waals surface area contributed by atoms with Crippen molar-refractivity contribution in [3.05, 3.63) is 182 Å². The van der Waals surface area contributed by atoms with E-state index in [9.17, 15) is 0 Å². The second kappa shape index (κ2) is 11.9. The van der Waals surface area contributed by atoms with Gasteiger partial charge < -0.3 is 4.42 Å². The molecule has 10 aromatic rings. The monoisotopic (exact) mass is 650 g/mol. The van der Waals surface area contributed by atoms with Gasteiger partial charge >= 0.3 is 0 Å². The van der Waals surface area contributed by atoms with Crippen LogP contribution in [0.25, 0.3) is 99.6 Å². The Labute approximate surface area is 295 Å². The molecule has 0 atom stereocenters. The first kappa shape index (κ1) is 29.1. The van der Waals surface area contributed by atoms with Gasteiger partial charge in [0.15, 0.2) is 5.82 Å². The van der Waals surface area contributed by atoms with Crippen LogP contribution in [0.1, 0.15) is 0 Å². The SMILES string of the molecule is c1ccc(-c2cc(-c3ccccc3)nc(-c3ccc4oc5c6ccccc6cc(-c6ccc(-c7ccc8ccccc8c7)cc6)c5c4c3)n2)cc1. The summed E-state index contributed by atoms with van der Waals surface area (Å²) in [6.07, 6.45) is 0. The molecule has 0 radical (unpaired) electrons. The second-order valence-electron chi connectivity index (χ2n) is 13.0. The van der Waals surface area contributed by atoms with Crippen LogP contribution in [0.5, 0.6) is 0 Å². The first-order valence-corrected chi connectivity index (χ1v) is 17.2. The summed E-state index contributed by atoms with van der Waals surface area (Å²) in [7, 11) is 0. The van der Waals surface area contributed by atoms with Crippen molar-refractivity contribution in [2.75, 3.05) is 0 Å². The largest absolute Gasteiger partial charge is 0.455 e. The summed E-state index contributed by atoms with van der Waals surface area (Å²) in [4.78, 5) is 10.2. The van der Waals surface area contributed by atoms with Gasteiger partial charge in [-0.1, -0.05) is 146 Å². The summed E-state index contributed by atoms with van der Waals surface area (Å²) in [6, 6.07) is 63.9. The molecule has 2 heterocycles. The number of benzene rings is 8. The smallest absolute Gasteiger partial charge is 0.160 e. The molecular formula is C48H30N2O. The Morgan fingerprint density at radius 2 is 0.941 bits per heavy atom. The Bertz CT molecular complexity index is 2830. The van der Waals surface area contributed by atoms with Gasteiger partial charge in [-0.15, -0.1) is 0 Å². The molecule has 0 fully saturated rings. The molecule has 3 nitrogen and oxygen atoms in total. The zero-order valence-electron chi connectivity index (χ0n) is 27.6. The van der Waals surface area contributed by atoms with Crippen LogP contribution in [0.4, 0.5) is 0 Å². The third-order valence-corrected chi connectivity index (χ3v) is 9.86. The highest BCUT2D eigenvalue weighted by Gasteiger charge is 2.19. The summed E-state index contributed by atoms with van der Waals surface area (Å²) in [5.74, 6) is 0.675. The summed E-state index contributed by atoms with van der Waals surface area (Å²) in [5.41, 5.74) is 11.2. The summed E-state index contributed by atoms with van der Waals surface area (Å²) in [6.45, 7) is 0. The molecule has 0 amide bonds. The van der Waals surface area contributed by atoms with Crippen LogP contribution in [-0.2, 0) is 0 Å². The lowest BCUT2D eigenvalue weighted by Gasteiger charge is -2.10. The third-order valence-electron chi connectivity index (χ3n) is 9.86. The van der Waals surface area contributed by atoms with Crippen LogP contribution in [0, 0.1) is 0 Å². The van der Waals surface area contributed by atoms with Gasteiger partial charge in [0.1, 0.15) is 11.2 Å². The summed E-state index contributed by atoms with van der Waals surface area (Å²) >= 11 is 0. The Balaban J connectivity index is 1.15. The molecule has 0 spiro atoms.